The summed E-state index contributed by atoms with van der Waals surface area (Å²) in [6.07, 6.45) is 3.63. The van der Waals surface area contributed by atoms with Crippen LogP contribution in [0.1, 0.15) is 38.5 Å². The van der Waals surface area contributed by atoms with Crippen molar-refractivity contribution in [3.8, 4) is 11.1 Å². The maximum atomic E-state index is 12.1. The first-order valence-corrected chi connectivity index (χ1v) is 8.84. The van der Waals surface area contributed by atoms with E-state index >= 15 is 0 Å². The number of carbonyl (C=O) groups excluding carboxylic acids is 3. The van der Waals surface area contributed by atoms with Gasteiger partial charge in [-0.15, -0.1) is 0 Å². The molecule has 3 N–H and O–H groups in total. The van der Waals surface area contributed by atoms with Crippen molar-refractivity contribution in [3.05, 3.63) is 54.6 Å². The lowest BCUT2D eigenvalue weighted by atomic mass is 10.1. The molecule has 0 bridgehead atoms. The molecule has 0 unspecified atom stereocenters. The van der Waals surface area contributed by atoms with Crippen LogP contribution in [0.4, 0.5) is 5.69 Å². The predicted octanol–water partition coefficient (Wildman–Crippen LogP) is 3.69. The third kappa shape index (κ3) is 6.51. The van der Waals surface area contributed by atoms with Gasteiger partial charge < -0.3 is 11.1 Å². The SMILES string of the molecule is NC(=O)C(=O)CCCCCCC(=O)Nc1cccc(-c2ccccc2)c1. The fraction of sp³-hybridized carbons (Fsp3) is 0.286. The van der Waals surface area contributed by atoms with Crippen molar-refractivity contribution in [2.75, 3.05) is 5.32 Å². The van der Waals surface area contributed by atoms with Crippen molar-refractivity contribution in [2.45, 2.75) is 38.5 Å². The van der Waals surface area contributed by atoms with Gasteiger partial charge >= 0.3 is 0 Å². The Balaban J connectivity index is 1.71. The van der Waals surface area contributed by atoms with Gasteiger partial charge in [0.2, 0.25) is 11.7 Å². The number of nitrogens with two attached hydrogens (primary N) is 1. The minimum Gasteiger partial charge on any atom is -0.363 e. The van der Waals surface area contributed by atoms with E-state index in [1.807, 2.05) is 54.6 Å². The van der Waals surface area contributed by atoms with E-state index in [0.717, 1.165) is 36.1 Å². The van der Waals surface area contributed by atoms with Crippen LogP contribution in [0.5, 0.6) is 0 Å². The fourth-order valence-electron chi connectivity index (χ4n) is 2.68. The van der Waals surface area contributed by atoms with Crippen LogP contribution in [0, 0.1) is 0 Å². The van der Waals surface area contributed by atoms with Crippen molar-refractivity contribution in [1.82, 2.24) is 0 Å². The maximum Gasteiger partial charge on any atom is 0.284 e. The summed E-state index contributed by atoms with van der Waals surface area (Å²) in [5.74, 6) is -1.42. The maximum absolute atomic E-state index is 12.1. The van der Waals surface area contributed by atoms with E-state index in [0.29, 0.717) is 12.8 Å². The van der Waals surface area contributed by atoms with Crippen molar-refractivity contribution in [3.63, 3.8) is 0 Å². The molecule has 2 aromatic carbocycles. The third-order valence-corrected chi connectivity index (χ3v) is 4.09. The summed E-state index contributed by atoms with van der Waals surface area (Å²) in [4.78, 5) is 33.8. The summed E-state index contributed by atoms with van der Waals surface area (Å²) < 4.78 is 0. The molecule has 0 saturated carbocycles. The summed E-state index contributed by atoms with van der Waals surface area (Å²) in [5.41, 5.74) is 7.84. The molecule has 0 aliphatic carbocycles. The minimum atomic E-state index is -0.873. The van der Waals surface area contributed by atoms with Crippen LogP contribution < -0.4 is 11.1 Å². The van der Waals surface area contributed by atoms with Crippen LogP contribution in [0.3, 0.4) is 0 Å². The van der Waals surface area contributed by atoms with Gasteiger partial charge in [0, 0.05) is 18.5 Å². The summed E-state index contributed by atoms with van der Waals surface area (Å²) in [5, 5.41) is 2.92. The number of ketones is 1. The largest absolute Gasteiger partial charge is 0.363 e. The number of anilines is 1. The molecule has 0 heterocycles. The smallest absolute Gasteiger partial charge is 0.284 e. The Morgan fingerprint density at radius 2 is 1.42 bits per heavy atom. The Morgan fingerprint density at radius 1 is 0.769 bits per heavy atom. The Bertz CT molecular complexity index is 757. The molecule has 2 aromatic rings. The van der Waals surface area contributed by atoms with Gasteiger partial charge in [-0.2, -0.15) is 0 Å². The van der Waals surface area contributed by atoms with Crippen LogP contribution in [-0.4, -0.2) is 17.6 Å². The van der Waals surface area contributed by atoms with Crippen molar-refractivity contribution in [1.29, 1.82) is 0 Å². The number of unbranched alkanes of at least 4 members (excludes halogenated alkanes) is 3. The predicted molar refractivity (Wildman–Crippen MR) is 102 cm³/mol. The molecule has 5 nitrogen and oxygen atoms in total. The fourth-order valence-corrected chi connectivity index (χ4v) is 2.68. The molecule has 2 rings (SSSR count). The van der Waals surface area contributed by atoms with E-state index in [2.05, 4.69) is 5.32 Å². The zero-order chi connectivity index (χ0) is 18.8. The summed E-state index contributed by atoms with van der Waals surface area (Å²) in [7, 11) is 0. The minimum absolute atomic E-state index is 0.0246. The molecular formula is C21H24N2O3. The number of Topliss-reactive ketones (excluding diaryl/α,β-unsaturated/α-hetero) is 1. The average molecular weight is 352 g/mol. The Hall–Kier alpha value is -2.95. The van der Waals surface area contributed by atoms with E-state index in [1.54, 1.807) is 0 Å². The number of carbonyl (C=O) groups is 3. The van der Waals surface area contributed by atoms with Crippen molar-refractivity contribution < 1.29 is 14.4 Å². The van der Waals surface area contributed by atoms with E-state index < -0.39 is 11.7 Å². The summed E-state index contributed by atoms with van der Waals surface area (Å²) >= 11 is 0. The van der Waals surface area contributed by atoms with E-state index in [9.17, 15) is 14.4 Å². The Kier molecular flexibility index (Phi) is 7.55. The van der Waals surface area contributed by atoms with E-state index in [1.165, 1.54) is 0 Å². The van der Waals surface area contributed by atoms with Crippen LogP contribution in [0.25, 0.3) is 11.1 Å². The number of nitrogens with one attached hydrogen (secondary N) is 1. The van der Waals surface area contributed by atoms with Gasteiger partial charge in [-0.05, 0) is 36.1 Å². The van der Waals surface area contributed by atoms with Gasteiger partial charge in [-0.3, -0.25) is 14.4 Å². The normalized spacial score (nSPS) is 10.3. The first-order valence-electron chi connectivity index (χ1n) is 8.84. The van der Waals surface area contributed by atoms with Crippen LogP contribution >= 0.6 is 0 Å². The number of hydrogen-bond acceptors (Lipinski definition) is 3. The highest BCUT2D eigenvalue weighted by Gasteiger charge is 2.08. The molecule has 0 radical (unpaired) electrons. The zero-order valence-electron chi connectivity index (χ0n) is 14.7. The van der Waals surface area contributed by atoms with Crippen LogP contribution in [0.2, 0.25) is 0 Å². The zero-order valence-corrected chi connectivity index (χ0v) is 14.7. The van der Waals surface area contributed by atoms with Crippen molar-refractivity contribution in [2.24, 2.45) is 5.73 Å². The van der Waals surface area contributed by atoms with Gasteiger partial charge in [-0.1, -0.05) is 55.3 Å². The second-order valence-electron chi connectivity index (χ2n) is 6.20. The van der Waals surface area contributed by atoms with E-state index in [-0.39, 0.29) is 12.3 Å². The van der Waals surface area contributed by atoms with Gasteiger partial charge in [-0.25, -0.2) is 0 Å². The Labute approximate surface area is 153 Å². The lowest BCUT2D eigenvalue weighted by Gasteiger charge is -2.08. The number of primary amides is 1. The number of benzene rings is 2. The van der Waals surface area contributed by atoms with Crippen molar-refractivity contribution >= 4 is 23.3 Å². The molecule has 2 amide bonds. The van der Waals surface area contributed by atoms with Crippen LogP contribution in [-0.2, 0) is 14.4 Å². The second kappa shape index (κ2) is 10.1. The number of amides is 2. The van der Waals surface area contributed by atoms with Crippen LogP contribution in [0.15, 0.2) is 54.6 Å². The molecule has 0 aliphatic rings. The van der Waals surface area contributed by atoms with Gasteiger partial charge in [0.05, 0.1) is 0 Å². The second-order valence-corrected chi connectivity index (χ2v) is 6.20. The molecule has 26 heavy (non-hydrogen) atoms. The van der Waals surface area contributed by atoms with Gasteiger partial charge in [0.25, 0.3) is 5.91 Å². The van der Waals surface area contributed by atoms with Gasteiger partial charge in [0.1, 0.15) is 0 Å². The molecule has 0 aliphatic heterocycles. The first-order chi connectivity index (χ1) is 12.6. The standard InChI is InChI=1S/C21H24N2O3/c22-21(26)19(24)13-6-1-2-7-14-20(25)23-18-12-8-11-17(15-18)16-9-4-3-5-10-16/h3-5,8-12,15H,1-2,6-7,13-14H2,(H2,22,26)(H,23,25). The molecule has 0 aromatic heterocycles. The number of hydrogen-bond donors (Lipinski definition) is 2. The number of rotatable bonds is 10. The molecule has 0 atom stereocenters. The third-order valence-electron chi connectivity index (χ3n) is 4.09. The average Bonchev–Trinajstić information content (AvgIpc) is 2.65. The summed E-state index contributed by atoms with van der Waals surface area (Å²) in [6, 6.07) is 17.8. The highest BCUT2D eigenvalue weighted by molar-refractivity contribution is 6.35. The molecule has 0 fully saturated rings. The highest BCUT2D eigenvalue weighted by atomic mass is 16.2. The lowest BCUT2D eigenvalue weighted by molar-refractivity contribution is -0.136. The van der Waals surface area contributed by atoms with E-state index in [4.69, 9.17) is 5.73 Å². The highest BCUT2D eigenvalue weighted by Crippen LogP contribution is 2.22. The monoisotopic (exact) mass is 352 g/mol. The molecule has 5 heteroatoms. The molecular weight excluding hydrogens is 328 g/mol. The van der Waals surface area contributed by atoms with Gasteiger partial charge in [0.15, 0.2) is 0 Å². The molecule has 0 saturated heterocycles. The summed E-state index contributed by atoms with van der Waals surface area (Å²) in [6.45, 7) is 0. The lowest BCUT2D eigenvalue weighted by Crippen LogP contribution is -2.22. The molecule has 0 spiro atoms. The Morgan fingerprint density at radius 3 is 2.12 bits per heavy atom. The quantitative estimate of drug-likeness (QED) is 0.505. The topological polar surface area (TPSA) is 89.3 Å². The molecule has 136 valence electrons. The first kappa shape index (κ1) is 19.4.